The summed E-state index contributed by atoms with van der Waals surface area (Å²) in [6.45, 7) is 3.77. The van der Waals surface area contributed by atoms with Crippen LogP contribution in [0.3, 0.4) is 0 Å². The normalized spacial score (nSPS) is 10.8. The third-order valence-corrected chi connectivity index (χ3v) is 5.49. The lowest BCUT2D eigenvalue weighted by Gasteiger charge is -2.08. The van der Waals surface area contributed by atoms with E-state index in [1.165, 1.54) is 10.9 Å². The maximum Gasteiger partial charge on any atom is 0.348 e. The predicted molar refractivity (Wildman–Crippen MR) is 108 cm³/mol. The number of nitrogens with one attached hydrogen (secondary N) is 1. The SMILES string of the molecule is CCOC(=O)c1sc2ncn(CC(=O)NCc3cccc(Cl)c3)c(=O)c2c1C. The van der Waals surface area contributed by atoms with Gasteiger partial charge in [0.2, 0.25) is 5.91 Å². The molecule has 0 aliphatic rings. The van der Waals surface area contributed by atoms with Crippen LogP contribution in [0.4, 0.5) is 0 Å². The Labute approximate surface area is 169 Å². The second-order valence-corrected chi connectivity index (χ2v) is 7.48. The van der Waals surface area contributed by atoms with Crippen LogP contribution in [-0.4, -0.2) is 28.0 Å². The molecule has 0 atom stereocenters. The van der Waals surface area contributed by atoms with Gasteiger partial charge in [-0.2, -0.15) is 0 Å². The molecule has 0 saturated heterocycles. The summed E-state index contributed by atoms with van der Waals surface area (Å²) in [5, 5.41) is 3.67. The number of halogens is 1. The molecule has 9 heteroatoms. The summed E-state index contributed by atoms with van der Waals surface area (Å²) in [7, 11) is 0. The molecule has 1 amide bonds. The third kappa shape index (κ3) is 4.23. The molecule has 1 N–H and O–H groups in total. The van der Waals surface area contributed by atoms with Crippen molar-refractivity contribution in [2.75, 3.05) is 6.61 Å². The number of hydrogen-bond acceptors (Lipinski definition) is 6. The largest absolute Gasteiger partial charge is 0.462 e. The number of aromatic nitrogens is 2. The minimum absolute atomic E-state index is 0.174. The van der Waals surface area contributed by atoms with E-state index in [0.717, 1.165) is 16.9 Å². The number of thiophene rings is 1. The molecule has 7 nitrogen and oxygen atoms in total. The van der Waals surface area contributed by atoms with Crippen LogP contribution in [-0.2, 0) is 22.6 Å². The Morgan fingerprint density at radius 2 is 2.14 bits per heavy atom. The molecule has 2 aromatic heterocycles. The van der Waals surface area contributed by atoms with Crippen LogP contribution in [0.5, 0.6) is 0 Å². The average Bonchev–Trinajstić information content (AvgIpc) is 3.00. The zero-order valence-corrected chi connectivity index (χ0v) is 16.9. The van der Waals surface area contributed by atoms with Gasteiger partial charge in [-0.3, -0.25) is 14.2 Å². The second kappa shape index (κ2) is 8.53. The fourth-order valence-electron chi connectivity index (χ4n) is 2.72. The van der Waals surface area contributed by atoms with Crippen LogP contribution in [0.25, 0.3) is 10.2 Å². The van der Waals surface area contributed by atoms with Gasteiger partial charge in [0, 0.05) is 11.6 Å². The molecule has 3 rings (SSSR count). The molecule has 146 valence electrons. The molecule has 0 aliphatic carbocycles. The van der Waals surface area contributed by atoms with E-state index in [-0.39, 0.29) is 24.6 Å². The highest BCUT2D eigenvalue weighted by molar-refractivity contribution is 7.20. The summed E-state index contributed by atoms with van der Waals surface area (Å²) in [6.07, 6.45) is 1.31. The van der Waals surface area contributed by atoms with Crippen LogP contribution in [0.15, 0.2) is 35.4 Å². The lowest BCUT2D eigenvalue weighted by Crippen LogP contribution is -2.32. The summed E-state index contributed by atoms with van der Waals surface area (Å²) in [5.41, 5.74) is 1.01. The molecule has 0 unspecified atom stereocenters. The minimum atomic E-state index is -0.479. The summed E-state index contributed by atoms with van der Waals surface area (Å²) in [4.78, 5) is 42.1. The van der Waals surface area contributed by atoms with Crippen molar-refractivity contribution < 1.29 is 14.3 Å². The van der Waals surface area contributed by atoms with Crippen molar-refractivity contribution in [1.82, 2.24) is 14.9 Å². The van der Waals surface area contributed by atoms with Crippen molar-refractivity contribution >= 4 is 45.0 Å². The Morgan fingerprint density at radius 1 is 1.36 bits per heavy atom. The van der Waals surface area contributed by atoms with Gasteiger partial charge >= 0.3 is 5.97 Å². The highest BCUT2D eigenvalue weighted by Crippen LogP contribution is 2.27. The van der Waals surface area contributed by atoms with Gasteiger partial charge in [0.15, 0.2) is 0 Å². The van der Waals surface area contributed by atoms with E-state index in [4.69, 9.17) is 16.3 Å². The Balaban J connectivity index is 1.78. The molecule has 0 radical (unpaired) electrons. The highest BCUT2D eigenvalue weighted by atomic mass is 35.5. The fourth-order valence-corrected chi connectivity index (χ4v) is 3.97. The van der Waals surface area contributed by atoms with Gasteiger partial charge < -0.3 is 10.1 Å². The standard InChI is InChI=1S/C19H18ClN3O4S/c1-3-27-19(26)16-11(2)15-17(28-16)22-10-23(18(15)25)9-14(24)21-8-12-5-4-6-13(20)7-12/h4-7,10H,3,8-9H2,1-2H3,(H,21,24). The first kappa shape index (κ1) is 20.0. The van der Waals surface area contributed by atoms with Crippen molar-refractivity contribution in [1.29, 1.82) is 0 Å². The summed E-state index contributed by atoms with van der Waals surface area (Å²) < 4.78 is 6.24. The molecule has 0 saturated carbocycles. The second-order valence-electron chi connectivity index (χ2n) is 6.04. The van der Waals surface area contributed by atoms with Crippen molar-refractivity contribution in [3.05, 3.63) is 62.0 Å². The number of ether oxygens (including phenoxy) is 1. The summed E-state index contributed by atoms with van der Waals surface area (Å²) in [6, 6.07) is 7.15. The Kier molecular flexibility index (Phi) is 6.11. The van der Waals surface area contributed by atoms with E-state index >= 15 is 0 Å². The number of nitrogens with zero attached hydrogens (tertiary/aromatic N) is 2. The van der Waals surface area contributed by atoms with Crippen LogP contribution in [0, 0.1) is 6.92 Å². The number of hydrogen-bond donors (Lipinski definition) is 1. The average molecular weight is 420 g/mol. The lowest BCUT2D eigenvalue weighted by molar-refractivity contribution is -0.121. The molecule has 0 aliphatic heterocycles. The molecule has 2 heterocycles. The number of carbonyl (C=O) groups excluding carboxylic acids is 2. The van der Waals surface area contributed by atoms with Crippen molar-refractivity contribution in [3.63, 3.8) is 0 Å². The number of aryl methyl sites for hydroxylation is 1. The molecule has 1 aromatic carbocycles. The first-order valence-electron chi connectivity index (χ1n) is 8.57. The number of fused-ring (bicyclic) bond motifs is 1. The number of rotatable bonds is 6. The van der Waals surface area contributed by atoms with Crippen molar-refractivity contribution in [2.45, 2.75) is 26.9 Å². The first-order chi connectivity index (χ1) is 13.4. The van der Waals surface area contributed by atoms with Crippen LogP contribution in [0.1, 0.15) is 27.7 Å². The predicted octanol–water partition coefficient (Wildman–Crippen LogP) is 2.91. The van der Waals surface area contributed by atoms with E-state index in [0.29, 0.717) is 32.2 Å². The van der Waals surface area contributed by atoms with E-state index in [2.05, 4.69) is 10.3 Å². The quantitative estimate of drug-likeness (QED) is 0.620. The van der Waals surface area contributed by atoms with Gasteiger partial charge in [-0.1, -0.05) is 23.7 Å². The number of amides is 1. The lowest BCUT2D eigenvalue weighted by atomic mass is 10.2. The van der Waals surface area contributed by atoms with Gasteiger partial charge in [0.05, 0.1) is 18.3 Å². The van der Waals surface area contributed by atoms with E-state index < -0.39 is 5.97 Å². The molecule has 0 spiro atoms. The molecule has 3 aromatic rings. The fraction of sp³-hybridized carbons (Fsp3) is 0.263. The molecule has 0 fully saturated rings. The smallest absolute Gasteiger partial charge is 0.348 e. The number of carbonyl (C=O) groups is 2. The Morgan fingerprint density at radius 3 is 2.86 bits per heavy atom. The monoisotopic (exact) mass is 419 g/mol. The van der Waals surface area contributed by atoms with Crippen LogP contribution in [0.2, 0.25) is 5.02 Å². The van der Waals surface area contributed by atoms with Gasteiger partial charge in [-0.15, -0.1) is 11.3 Å². The van der Waals surface area contributed by atoms with Gasteiger partial charge in [-0.25, -0.2) is 9.78 Å². The van der Waals surface area contributed by atoms with E-state index in [9.17, 15) is 14.4 Å². The van der Waals surface area contributed by atoms with E-state index in [1.807, 2.05) is 6.07 Å². The molecular weight excluding hydrogens is 402 g/mol. The van der Waals surface area contributed by atoms with Gasteiger partial charge in [-0.05, 0) is 37.1 Å². The van der Waals surface area contributed by atoms with Crippen LogP contribution >= 0.6 is 22.9 Å². The summed E-state index contributed by atoms with van der Waals surface area (Å²) >= 11 is 7.04. The number of benzene rings is 1. The van der Waals surface area contributed by atoms with E-state index in [1.54, 1.807) is 32.0 Å². The maximum absolute atomic E-state index is 12.8. The molecule has 0 bridgehead atoms. The first-order valence-corrected chi connectivity index (χ1v) is 9.77. The van der Waals surface area contributed by atoms with Gasteiger partial charge in [0.25, 0.3) is 5.56 Å². The molecule has 28 heavy (non-hydrogen) atoms. The zero-order valence-electron chi connectivity index (χ0n) is 15.3. The Hall–Kier alpha value is -2.71. The molecular formula is C19H18ClN3O4S. The highest BCUT2D eigenvalue weighted by Gasteiger charge is 2.20. The van der Waals surface area contributed by atoms with Crippen molar-refractivity contribution in [3.8, 4) is 0 Å². The third-order valence-electron chi connectivity index (χ3n) is 4.07. The Bertz CT molecular complexity index is 1110. The van der Waals surface area contributed by atoms with Crippen molar-refractivity contribution in [2.24, 2.45) is 0 Å². The maximum atomic E-state index is 12.8. The zero-order chi connectivity index (χ0) is 20.3. The minimum Gasteiger partial charge on any atom is -0.462 e. The topological polar surface area (TPSA) is 90.3 Å². The summed E-state index contributed by atoms with van der Waals surface area (Å²) in [5.74, 6) is -0.810. The van der Waals surface area contributed by atoms with Crippen LogP contribution < -0.4 is 10.9 Å². The number of esters is 1. The van der Waals surface area contributed by atoms with Gasteiger partial charge in [0.1, 0.15) is 16.3 Å².